The van der Waals surface area contributed by atoms with Gasteiger partial charge in [-0.15, -0.1) is 0 Å². The van der Waals surface area contributed by atoms with Crippen LogP contribution >= 0.6 is 15.9 Å². The van der Waals surface area contributed by atoms with E-state index in [1.165, 1.54) is 6.08 Å². The Balaban J connectivity index is 1.54. The minimum absolute atomic E-state index is 0.0324. The van der Waals surface area contributed by atoms with Crippen LogP contribution in [0.5, 0.6) is 5.75 Å². The molecule has 1 saturated heterocycles. The molecule has 6 rings (SSSR count). The van der Waals surface area contributed by atoms with Gasteiger partial charge in [-0.05, 0) is 51.5 Å². The number of phenols is 1. The number of carboxylic acid groups (broad SMARTS) is 1. The first kappa shape index (κ1) is 24.5. The highest BCUT2D eigenvalue weighted by atomic mass is 79.9. The lowest BCUT2D eigenvalue weighted by atomic mass is 9.59. The van der Waals surface area contributed by atoms with E-state index < -0.39 is 41.5 Å². The lowest BCUT2D eigenvalue weighted by molar-refractivity contribution is -0.142. The third-order valence-corrected chi connectivity index (χ3v) is 8.80. The van der Waals surface area contributed by atoms with Crippen LogP contribution in [0.2, 0.25) is 0 Å². The summed E-state index contributed by atoms with van der Waals surface area (Å²) in [5, 5.41) is 21.8. The molecule has 0 bridgehead atoms. The molecule has 4 atom stereocenters. The van der Waals surface area contributed by atoms with Gasteiger partial charge in [-0.2, -0.15) is 0 Å². The minimum atomic E-state index is -1.11. The molecule has 1 fully saturated rings. The van der Waals surface area contributed by atoms with Crippen molar-refractivity contribution in [2.45, 2.75) is 25.2 Å². The quantitative estimate of drug-likeness (QED) is 0.322. The Hall–Kier alpha value is -3.85. The molecule has 0 radical (unpaired) electrons. The zero-order chi connectivity index (χ0) is 26.9. The van der Waals surface area contributed by atoms with E-state index in [0.717, 1.165) is 21.2 Å². The number of amides is 2. The molecule has 2 aromatic carbocycles. The van der Waals surface area contributed by atoms with Crippen LogP contribution in [0.4, 0.5) is 0 Å². The fourth-order valence-electron chi connectivity index (χ4n) is 6.62. The van der Waals surface area contributed by atoms with Crippen molar-refractivity contribution < 1.29 is 34.2 Å². The van der Waals surface area contributed by atoms with Gasteiger partial charge in [0, 0.05) is 35.2 Å². The molecule has 1 aliphatic heterocycles. The lowest BCUT2D eigenvalue weighted by Gasteiger charge is -2.42. The number of carboxylic acids is 1. The topological polar surface area (TPSA) is 129 Å². The molecule has 0 unspecified atom stereocenters. The van der Waals surface area contributed by atoms with Gasteiger partial charge < -0.3 is 10.2 Å². The number of benzene rings is 2. The summed E-state index contributed by atoms with van der Waals surface area (Å²) in [7, 11) is 0. The van der Waals surface area contributed by atoms with E-state index in [1.54, 1.807) is 12.1 Å². The average molecular weight is 576 g/mol. The number of aromatic hydroxyl groups is 1. The van der Waals surface area contributed by atoms with Crippen molar-refractivity contribution in [3.05, 3.63) is 75.3 Å². The number of allylic oxidation sites excluding steroid dienone is 6. The second kappa shape index (κ2) is 8.87. The molecule has 0 spiro atoms. The number of carbonyl (C=O) groups excluding carboxylic acids is 4. The zero-order valence-electron chi connectivity index (χ0n) is 20.0. The summed E-state index contributed by atoms with van der Waals surface area (Å²) in [6.45, 7) is -0.213. The molecule has 2 N–H and O–H groups in total. The van der Waals surface area contributed by atoms with E-state index in [-0.39, 0.29) is 58.8 Å². The van der Waals surface area contributed by atoms with Crippen molar-refractivity contribution in [1.82, 2.24) is 4.90 Å². The molecule has 8 nitrogen and oxygen atoms in total. The third-order valence-electron chi connectivity index (χ3n) is 8.21. The molecule has 192 valence electrons. The smallest absolute Gasteiger partial charge is 0.305 e. The van der Waals surface area contributed by atoms with Crippen molar-refractivity contribution >= 4 is 56.1 Å². The number of carbonyl (C=O) groups is 5. The Morgan fingerprint density at radius 1 is 1.03 bits per heavy atom. The standard InChI is InChI=1S/C29H22BrNO7/c30-19-12-21(33)25-18(27(19)36)11-17-15(26(25)24-14-4-2-1-3-13(14)5-8-20(24)32)6-7-16-23(17)29(38)31(28(16)37)10-9-22(34)35/h1-6,8,12,16-17,23,26,32H,7,9-11H2,(H,34,35)/t16-,17+,23-,26+/m0/s1. The third kappa shape index (κ3) is 3.52. The fourth-order valence-corrected chi connectivity index (χ4v) is 7.07. The number of hydrogen-bond acceptors (Lipinski definition) is 6. The Labute approximate surface area is 225 Å². The van der Waals surface area contributed by atoms with Crippen molar-refractivity contribution in [3.63, 3.8) is 0 Å². The predicted molar refractivity (Wildman–Crippen MR) is 139 cm³/mol. The Morgan fingerprint density at radius 2 is 1.79 bits per heavy atom. The normalized spacial score (nSPS) is 26.7. The summed E-state index contributed by atoms with van der Waals surface area (Å²) < 4.78 is 0.124. The highest BCUT2D eigenvalue weighted by Gasteiger charge is 2.56. The number of fused-ring (bicyclic) bond motifs is 4. The van der Waals surface area contributed by atoms with Gasteiger partial charge in [0.1, 0.15) is 5.75 Å². The monoisotopic (exact) mass is 575 g/mol. The number of halogens is 1. The highest BCUT2D eigenvalue weighted by molar-refractivity contribution is 9.12. The van der Waals surface area contributed by atoms with Gasteiger partial charge in [0.2, 0.25) is 11.8 Å². The van der Waals surface area contributed by atoms with Crippen LogP contribution in [0, 0.1) is 17.8 Å². The van der Waals surface area contributed by atoms with Gasteiger partial charge >= 0.3 is 5.97 Å². The summed E-state index contributed by atoms with van der Waals surface area (Å²) in [4.78, 5) is 65.7. The molecule has 38 heavy (non-hydrogen) atoms. The fraction of sp³-hybridized carbons (Fsp3) is 0.276. The van der Waals surface area contributed by atoms with Gasteiger partial charge in [-0.1, -0.05) is 42.0 Å². The molecule has 0 aromatic heterocycles. The van der Waals surface area contributed by atoms with E-state index in [4.69, 9.17) is 5.11 Å². The van der Waals surface area contributed by atoms with Crippen LogP contribution in [0.15, 0.2) is 69.8 Å². The summed E-state index contributed by atoms with van der Waals surface area (Å²) in [6.07, 6.45) is 3.12. The first-order valence-corrected chi connectivity index (χ1v) is 13.1. The second-order valence-corrected chi connectivity index (χ2v) is 10.9. The van der Waals surface area contributed by atoms with Crippen LogP contribution in [0.3, 0.4) is 0 Å². The summed E-state index contributed by atoms with van der Waals surface area (Å²) in [5.74, 6) is -5.49. The first-order valence-electron chi connectivity index (χ1n) is 12.4. The van der Waals surface area contributed by atoms with Crippen molar-refractivity contribution in [2.24, 2.45) is 17.8 Å². The molecule has 9 heteroatoms. The Bertz CT molecular complexity index is 1580. The summed E-state index contributed by atoms with van der Waals surface area (Å²) >= 11 is 3.20. The van der Waals surface area contributed by atoms with E-state index in [0.29, 0.717) is 5.56 Å². The predicted octanol–water partition coefficient (Wildman–Crippen LogP) is 3.78. The van der Waals surface area contributed by atoms with E-state index in [9.17, 15) is 29.1 Å². The molecular formula is C29H22BrNO7. The minimum Gasteiger partial charge on any atom is -0.508 e. The molecule has 1 heterocycles. The maximum Gasteiger partial charge on any atom is 0.305 e. The molecule has 2 aromatic rings. The van der Waals surface area contributed by atoms with Crippen molar-refractivity contribution in [3.8, 4) is 5.75 Å². The largest absolute Gasteiger partial charge is 0.508 e. The first-order chi connectivity index (χ1) is 18.2. The lowest BCUT2D eigenvalue weighted by Crippen LogP contribution is -2.39. The zero-order valence-corrected chi connectivity index (χ0v) is 21.6. The Kier molecular flexibility index (Phi) is 5.72. The molecule has 3 aliphatic carbocycles. The number of aliphatic carboxylic acids is 1. The number of ketones is 2. The number of likely N-dealkylation sites (tertiary alicyclic amines) is 1. The number of rotatable bonds is 4. The number of nitrogens with zero attached hydrogens (tertiary/aromatic N) is 1. The van der Waals surface area contributed by atoms with Crippen molar-refractivity contribution in [1.29, 1.82) is 0 Å². The van der Waals surface area contributed by atoms with Crippen LogP contribution in [-0.2, 0) is 24.0 Å². The Morgan fingerprint density at radius 3 is 2.55 bits per heavy atom. The molecular weight excluding hydrogens is 554 g/mol. The van der Waals surface area contributed by atoms with Gasteiger partial charge in [-0.25, -0.2) is 0 Å². The van der Waals surface area contributed by atoms with E-state index in [1.807, 2.05) is 30.3 Å². The van der Waals surface area contributed by atoms with Crippen LogP contribution in [0.25, 0.3) is 10.8 Å². The highest BCUT2D eigenvalue weighted by Crippen LogP contribution is 2.57. The van der Waals surface area contributed by atoms with Crippen molar-refractivity contribution in [2.75, 3.05) is 6.54 Å². The number of phenolic OH excluding ortho intramolecular Hbond substituents is 1. The number of hydrogen-bond donors (Lipinski definition) is 2. The molecule has 4 aliphatic rings. The van der Waals surface area contributed by atoms with Gasteiger partial charge in [0.15, 0.2) is 11.6 Å². The summed E-state index contributed by atoms with van der Waals surface area (Å²) in [6, 6.07) is 10.8. The number of Topliss-reactive ketones (excluding diaryl/α,β-unsaturated/α-hetero) is 1. The molecule has 2 amide bonds. The van der Waals surface area contributed by atoms with Crippen LogP contribution < -0.4 is 0 Å². The number of imide groups is 1. The van der Waals surface area contributed by atoms with Crippen LogP contribution in [-0.4, -0.2) is 51.0 Å². The maximum absolute atomic E-state index is 13.6. The SMILES string of the molecule is O=C(O)CCN1C(=O)[C@H]2[C@H](CC=C3[C@H](c4c(O)ccc5ccccc45)C4=C(C[C@H]32)C(=O)C(Br)=CC4=O)C1=O. The van der Waals surface area contributed by atoms with E-state index >= 15 is 0 Å². The maximum atomic E-state index is 13.6. The van der Waals surface area contributed by atoms with Gasteiger partial charge in [-0.3, -0.25) is 28.9 Å². The van der Waals surface area contributed by atoms with Gasteiger partial charge in [0.25, 0.3) is 0 Å². The van der Waals surface area contributed by atoms with E-state index in [2.05, 4.69) is 15.9 Å². The van der Waals surface area contributed by atoms with Crippen LogP contribution in [0.1, 0.15) is 30.7 Å². The summed E-state index contributed by atoms with van der Waals surface area (Å²) in [5.41, 5.74) is 1.77. The second-order valence-electron chi connectivity index (χ2n) is 10.1. The average Bonchev–Trinajstić information content (AvgIpc) is 3.14. The van der Waals surface area contributed by atoms with Gasteiger partial charge in [0.05, 0.1) is 22.7 Å². The molecule has 0 saturated carbocycles.